The molecule has 0 aliphatic rings. The van der Waals surface area contributed by atoms with Gasteiger partial charge in [0, 0.05) is 12.8 Å². The van der Waals surface area contributed by atoms with Crippen LogP contribution in [0.4, 0.5) is 0 Å². The van der Waals surface area contributed by atoms with Gasteiger partial charge in [0.05, 0.1) is 0 Å². The third-order valence-electron chi connectivity index (χ3n) is 8.49. The zero-order valence-electron chi connectivity index (χ0n) is 28.3. The average Bonchev–Trinajstić information content (AvgIpc) is 2.97. The summed E-state index contributed by atoms with van der Waals surface area (Å²) in [6.45, 7) is 4.54. The molecule has 0 aromatic carbocycles. The van der Waals surface area contributed by atoms with Crippen LogP contribution in [0.2, 0.25) is 0 Å². The summed E-state index contributed by atoms with van der Waals surface area (Å²) in [6, 6.07) is 0. The lowest BCUT2D eigenvalue weighted by Crippen LogP contribution is -2.18. The second kappa shape index (κ2) is 34.2. The number of unbranched alkanes of at least 4 members (excludes halogenated alkanes) is 23. The molecule has 0 rings (SSSR count). The van der Waals surface area contributed by atoms with E-state index >= 15 is 0 Å². The Balaban J connectivity index is 4.09. The minimum atomic E-state index is -0.702. The van der Waals surface area contributed by atoms with Crippen LogP contribution >= 0.6 is 0 Å². The summed E-state index contributed by atoms with van der Waals surface area (Å²) in [5.41, 5.74) is 0. The normalized spacial score (nSPS) is 12.2. The number of esters is 1. The van der Waals surface area contributed by atoms with Crippen molar-refractivity contribution in [1.82, 2.24) is 0 Å². The van der Waals surface area contributed by atoms with Crippen molar-refractivity contribution in [3.63, 3.8) is 0 Å². The summed E-state index contributed by atoms with van der Waals surface area (Å²) in [4.78, 5) is 23.3. The largest absolute Gasteiger partial charge is 0.481 e. The fourth-order valence-electron chi connectivity index (χ4n) is 5.71. The Morgan fingerprint density at radius 3 is 1.38 bits per heavy atom. The monoisotopic (exact) mass is 593 g/mol. The number of carboxylic acid groups (broad SMARTS) is 1. The van der Waals surface area contributed by atoms with Crippen molar-refractivity contribution >= 4 is 11.9 Å². The fraction of sp³-hybridized carbons (Fsp3) is 0.895. The zero-order valence-corrected chi connectivity index (χ0v) is 28.3. The molecule has 1 unspecified atom stereocenters. The third kappa shape index (κ3) is 33.2. The molecular weight excluding hydrogens is 520 g/mol. The Morgan fingerprint density at radius 2 is 0.881 bits per heavy atom. The van der Waals surface area contributed by atoms with Crippen molar-refractivity contribution in [2.75, 3.05) is 0 Å². The van der Waals surface area contributed by atoms with Crippen LogP contribution in [0.5, 0.6) is 0 Å². The van der Waals surface area contributed by atoms with Crippen LogP contribution in [0.15, 0.2) is 12.2 Å². The van der Waals surface area contributed by atoms with E-state index in [0.29, 0.717) is 6.42 Å². The number of rotatable bonds is 34. The SMILES string of the molecule is CCCCCCCCCC/C=C\CCCC(CCCCCCCC(=O)O)OC(=O)CCCCCCCCCCCCC. The first kappa shape index (κ1) is 40.7. The Labute approximate surface area is 262 Å². The van der Waals surface area contributed by atoms with Gasteiger partial charge >= 0.3 is 11.9 Å². The van der Waals surface area contributed by atoms with Gasteiger partial charge in [0.25, 0.3) is 0 Å². The van der Waals surface area contributed by atoms with E-state index in [4.69, 9.17) is 9.84 Å². The molecule has 4 heteroatoms. The first-order valence-corrected chi connectivity index (χ1v) is 18.7. The highest BCUT2D eigenvalue weighted by Gasteiger charge is 2.14. The highest BCUT2D eigenvalue weighted by molar-refractivity contribution is 5.69. The average molecular weight is 593 g/mol. The van der Waals surface area contributed by atoms with E-state index in [9.17, 15) is 9.59 Å². The van der Waals surface area contributed by atoms with E-state index in [1.165, 1.54) is 116 Å². The highest BCUT2D eigenvalue weighted by atomic mass is 16.5. The first-order valence-electron chi connectivity index (χ1n) is 18.7. The van der Waals surface area contributed by atoms with Gasteiger partial charge in [-0.3, -0.25) is 9.59 Å². The van der Waals surface area contributed by atoms with Crippen LogP contribution in [-0.2, 0) is 14.3 Å². The summed E-state index contributed by atoms with van der Waals surface area (Å²) in [5, 5.41) is 8.80. The van der Waals surface area contributed by atoms with Gasteiger partial charge in [-0.2, -0.15) is 0 Å². The van der Waals surface area contributed by atoms with Gasteiger partial charge in [-0.15, -0.1) is 0 Å². The molecule has 0 spiro atoms. The molecule has 4 nitrogen and oxygen atoms in total. The molecule has 0 fully saturated rings. The van der Waals surface area contributed by atoms with Crippen molar-refractivity contribution < 1.29 is 19.4 Å². The molecule has 0 aromatic heterocycles. The van der Waals surface area contributed by atoms with Crippen LogP contribution in [-0.4, -0.2) is 23.1 Å². The lowest BCUT2D eigenvalue weighted by Gasteiger charge is -2.18. The molecule has 1 atom stereocenters. The van der Waals surface area contributed by atoms with Crippen LogP contribution in [0, 0.1) is 0 Å². The topological polar surface area (TPSA) is 63.6 Å². The van der Waals surface area contributed by atoms with Crippen molar-refractivity contribution in [2.45, 2.75) is 219 Å². The van der Waals surface area contributed by atoms with Gasteiger partial charge in [0.2, 0.25) is 0 Å². The van der Waals surface area contributed by atoms with Gasteiger partial charge in [0.15, 0.2) is 0 Å². The van der Waals surface area contributed by atoms with Gasteiger partial charge in [-0.1, -0.05) is 154 Å². The predicted molar refractivity (Wildman–Crippen MR) is 181 cm³/mol. The van der Waals surface area contributed by atoms with Crippen LogP contribution in [0.1, 0.15) is 213 Å². The van der Waals surface area contributed by atoms with Gasteiger partial charge < -0.3 is 9.84 Å². The maximum atomic E-state index is 12.6. The number of aliphatic carboxylic acids is 1. The number of allylic oxidation sites excluding steroid dienone is 2. The van der Waals surface area contributed by atoms with E-state index in [-0.39, 0.29) is 18.5 Å². The Morgan fingerprint density at radius 1 is 0.500 bits per heavy atom. The first-order chi connectivity index (χ1) is 20.6. The van der Waals surface area contributed by atoms with Crippen LogP contribution < -0.4 is 0 Å². The number of ether oxygens (including phenoxy) is 1. The van der Waals surface area contributed by atoms with Gasteiger partial charge in [0.1, 0.15) is 6.10 Å². The zero-order chi connectivity index (χ0) is 30.8. The summed E-state index contributed by atoms with van der Waals surface area (Å²) < 4.78 is 5.97. The van der Waals surface area contributed by atoms with Crippen LogP contribution in [0.25, 0.3) is 0 Å². The Hall–Kier alpha value is -1.32. The quantitative estimate of drug-likeness (QED) is 0.0458. The van der Waals surface area contributed by atoms with E-state index in [2.05, 4.69) is 26.0 Å². The minimum absolute atomic E-state index is 0.0115. The van der Waals surface area contributed by atoms with Crippen LogP contribution in [0.3, 0.4) is 0 Å². The Bertz CT molecular complexity index is 600. The van der Waals surface area contributed by atoms with Gasteiger partial charge in [-0.25, -0.2) is 0 Å². The van der Waals surface area contributed by atoms with Crippen molar-refractivity contribution in [3.05, 3.63) is 12.2 Å². The molecular formula is C38H72O4. The molecule has 0 aliphatic heterocycles. The molecule has 0 aliphatic carbocycles. The molecule has 0 saturated heterocycles. The maximum Gasteiger partial charge on any atom is 0.306 e. The maximum absolute atomic E-state index is 12.6. The summed E-state index contributed by atoms with van der Waals surface area (Å²) in [6.07, 6.45) is 40.8. The minimum Gasteiger partial charge on any atom is -0.481 e. The van der Waals surface area contributed by atoms with Crippen molar-refractivity contribution in [2.24, 2.45) is 0 Å². The Kier molecular flexibility index (Phi) is 33.1. The molecule has 0 saturated carbocycles. The smallest absolute Gasteiger partial charge is 0.306 e. The standard InChI is InChI=1S/C38H72O4/c1-3-5-7-9-11-13-15-16-18-19-21-24-28-32-36(33-29-25-23-26-30-34-37(39)40)42-38(41)35-31-27-22-20-17-14-12-10-8-6-4-2/h19,21,36H,3-18,20,22-35H2,1-2H3,(H,39,40)/b21-19-. The fourth-order valence-corrected chi connectivity index (χ4v) is 5.71. The number of hydrogen-bond donors (Lipinski definition) is 1. The summed E-state index contributed by atoms with van der Waals surface area (Å²) in [7, 11) is 0. The lowest BCUT2D eigenvalue weighted by molar-refractivity contribution is -0.150. The second-order valence-corrected chi connectivity index (χ2v) is 12.8. The molecule has 248 valence electrons. The van der Waals surface area contributed by atoms with Gasteiger partial charge in [-0.05, 0) is 57.8 Å². The molecule has 0 heterocycles. The summed E-state index contributed by atoms with van der Waals surface area (Å²) >= 11 is 0. The molecule has 0 aromatic rings. The second-order valence-electron chi connectivity index (χ2n) is 12.8. The van der Waals surface area contributed by atoms with E-state index in [1.54, 1.807) is 0 Å². The molecule has 1 N–H and O–H groups in total. The number of carbonyl (C=O) groups is 2. The summed E-state index contributed by atoms with van der Waals surface area (Å²) in [5.74, 6) is -0.714. The molecule has 0 bridgehead atoms. The third-order valence-corrected chi connectivity index (χ3v) is 8.49. The number of carbonyl (C=O) groups excluding carboxylic acids is 1. The van der Waals surface area contributed by atoms with E-state index in [0.717, 1.165) is 70.6 Å². The molecule has 42 heavy (non-hydrogen) atoms. The number of carboxylic acids is 1. The highest BCUT2D eigenvalue weighted by Crippen LogP contribution is 2.18. The van der Waals surface area contributed by atoms with E-state index < -0.39 is 5.97 Å². The predicted octanol–water partition coefficient (Wildman–Crippen LogP) is 12.7. The lowest BCUT2D eigenvalue weighted by atomic mass is 10.0. The molecule has 0 amide bonds. The molecule has 0 radical (unpaired) electrons. The number of hydrogen-bond acceptors (Lipinski definition) is 3. The van der Waals surface area contributed by atoms with Crippen molar-refractivity contribution in [1.29, 1.82) is 0 Å². The van der Waals surface area contributed by atoms with Crippen molar-refractivity contribution in [3.8, 4) is 0 Å². The van der Waals surface area contributed by atoms with E-state index in [1.807, 2.05) is 0 Å².